The summed E-state index contributed by atoms with van der Waals surface area (Å²) in [6.45, 7) is 0. The molecule has 0 aromatic heterocycles. The molecule has 0 aliphatic rings. The van der Waals surface area contributed by atoms with E-state index in [0.717, 1.165) is 10.0 Å². The molecule has 0 radical (unpaired) electrons. The number of aliphatic hydroxyl groups excluding tert-OH is 1. The Bertz CT molecular complexity index is 565. The highest BCUT2D eigenvalue weighted by atomic mass is 79.9. The standard InChI is InChI=1S/C15H12BrCl2FO/c16-11-3-1-9(14(17)7-11)5-13(20)6-10-2-4-12(19)8-15(10)18/h1-4,7-8,13,20H,5-6H2. The smallest absolute Gasteiger partial charge is 0.124 e. The first-order valence-corrected chi connectivity index (χ1v) is 7.56. The molecule has 20 heavy (non-hydrogen) atoms. The van der Waals surface area contributed by atoms with Gasteiger partial charge in [0.05, 0.1) is 6.10 Å². The molecular formula is C15H12BrCl2FO. The molecule has 0 fully saturated rings. The fourth-order valence-corrected chi connectivity index (χ4v) is 2.95. The van der Waals surface area contributed by atoms with E-state index in [-0.39, 0.29) is 5.82 Å². The average Bonchev–Trinajstić information content (AvgIpc) is 2.36. The second-order valence-corrected chi connectivity index (χ2v) is 6.26. The summed E-state index contributed by atoms with van der Waals surface area (Å²) in [6.07, 6.45) is 0.141. The van der Waals surface area contributed by atoms with Crippen LogP contribution in [0.25, 0.3) is 0 Å². The fraction of sp³-hybridized carbons (Fsp3) is 0.200. The van der Waals surface area contributed by atoms with Gasteiger partial charge in [0.1, 0.15) is 5.82 Å². The van der Waals surface area contributed by atoms with Crippen molar-refractivity contribution in [2.45, 2.75) is 18.9 Å². The normalized spacial score (nSPS) is 12.4. The van der Waals surface area contributed by atoms with Crippen LogP contribution >= 0.6 is 39.1 Å². The molecule has 0 aliphatic heterocycles. The second-order valence-electron chi connectivity index (χ2n) is 4.53. The monoisotopic (exact) mass is 376 g/mol. The van der Waals surface area contributed by atoms with Gasteiger partial charge < -0.3 is 5.11 Å². The first-order valence-electron chi connectivity index (χ1n) is 6.01. The van der Waals surface area contributed by atoms with Crippen LogP contribution in [0.4, 0.5) is 4.39 Å². The fourth-order valence-electron chi connectivity index (χ4n) is 1.95. The van der Waals surface area contributed by atoms with Gasteiger partial charge in [0.2, 0.25) is 0 Å². The molecule has 0 bridgehead atoms. The molecule has 0 saturated heterocycles. The van der Waals surface area contributed by atoms with Crippen LogP contribution < -0.4 is 0 Å². The Labute approximate surface area is 135 Å². The van der Waals surface area contributed by atoms with Gasteiger partial charge in [0.25, 0.3) is 0 Å². The number of hydrogen-bond acceptors (Lipinski definition) is 1. The number of benzene rings is 2. The summed E-state index contributed by atoms with van der Waals surface area (Å²) >= 11 is 15.4. The van der Waals surface area contributed by atoms with E-state index >= 15 is 0 Å². The second kappa shape index (κ2) is 6.90. The third kappa shape index (κ3) is 4.19. The quantitative estimate of drug-likeness (QED) is 0.791. The van der Waals surface area contributed by atoms with Crippen LogP contribution in [0.15, 0.2) is 40.9 Å². The van der Waals surface area contributed by atoms with Gasteiger partial charge in [0, 0.05) is 27.4 Å². The maximum absolute atomic E-state index is 13.0. The Morgan fingerprint density at radius 2 is 1.55 bits per heavy atom. The predicted octanol–water partition coefficient (Wildman–Crippen LogP) is 5.04. The van der Waals surface area contributed by atoms with E-state index in [2.05, 4.69) is 15.9 Å². The molecule has 1 nitrogen and oxygen atoms in total. The zero-order valence-electron chi connectivity index (χ0n) is 10.4. The van der Waals surface area contributed by atoms with E-state index in [9.17, 15) is 9.50 Å². The Morgan fingerprint density at radius 3 is 2.10 bits per heavy atom. The molecule has 2 aromatic carbocycles. The van der Waals surface area contributed by atoms with E-state index in [0.29, 0.717) is 28.5 Å². The summed E-state index contributed by atoms with van der Waals surface area (Å²) in [4.78, 5) is 0. The largest absolute Gasteiger partial charge is 0.392 e. The summed E-state index contributed by atoms with van der Waals surface area (Å²) in [5.41, 5.74) is 1.58. The van der Waals surface area contributed by atoms with Crippen molar-refractivity contribution in [3.05, 3.63) is 67.9 Å². The van der Waals surface area contributed by atoms with Crippen molar-refractivity contribution < 1.29 is 9.50 Å². The molecule has 0 heterocycles. The van der Waals surface area contributed by atoms with E-state index < -0.39 is 6.10 Å². The number of halogens is 4. The summed E-state index contributed by atoms with van der Waals surface area (Å²) in [6, 6.07) is 9.69. The van der Waals surface area contributed by atoms with E-state index in [4.69, 9.17) is 23.2 Å². The molecule has 0 aliphatic carbocycles. The van der Waals surface area contributed by atoms with Crippen molar-refractivity contribution in [3.63, 3.8) is 0 Å². The summed E-state index contributed by atoms with van der Waals surface area (Å²) in [5.74, 6) is -0.385. The van der Waals surface area contributed by atoms with Crippen molar-refractivity contribution in [1.82, 2.24) is 0 Å². The maximum Gasteiger partial charge on any atom is 0.124 e. The maximum atomic E-state index is 13.0. The topological polar surface area (TPSA) is 20.2 Å². The minimum atomic E-state index is -0.628. The lowest BCUT2D eigenvalue weighted by Crippen LogP contribution is -2.14. The first kappa shape index (κ1) is 15.8. The summed E-state index contributed by atoms with van der Waals surface area (Å²) in [5, 5.41) is 11.0. The van der Waals surface area contributed by atoms with Gasteiger partial charge in [0.15, 0.2) is 0 Å². The summed E-state index contributed by atoms with van der Waals surface area (Å²) < 4.78 is 13.8. The van der Waals surface area contributed by atoms with E-state index in [1.54, 1.807) is 12.1 Å². The van der Waals surface area contributed by atoms with Crippen molar-refractivity contribution >= 4 is 39.1 Å². The third-order valence-electron chi connectivity index (χ3n) is 2.94. The molecule has 0 saturated carbocycles. The van der Waals surface area contributed by atoms with Gasteiger partial charge in [-0.3, -0.25) is 0 Å². The lowest BCUT2D eigenvalue weighted by Gasteiger charge is -2.13. The van der Waals surface area contributed by atoms with Crippen LogP contribution in [0.3, 0.4) is 0 Å². The molecule has 0 spiro atoms. The zero-order chi connectivity index (χ0) is 14.7. The number of rotatable bonds is 4. The van der Waals surface area contributed by atoms with Gasteiger partial charge in [-0.25, -0.2) is 4.39 Å². The minimum absolute atomic E-state index is 0.325. The van der Waals surface area contributed by atoms with Crippen LogP contribution in [0.2, 0.25) is 10.0 Å². The Balaban J connectivity index is 2.07. The first-order chi connectivity index (χ1) is 9.45. The molecule has 1 unspecified atom stereocenters. The van der Waals surface area contributed by atoms with Gasteiger partial charge in [-0.2, -0.15) is 0 Å². The molecule has 0 amide bonds. The molecule has 106 valence electrons. The van der Waals surface area contributed by atoms with Crippen molar-refractivity contribution in [2.75, 3.05) is 0 Å². The van der Waals surface area contributed by atoms with Crippen LogP contribution in [0.5, 0.6) is 0 Å². The molecule has 1 N–H and O–H groups in total. The van der Waals surface area contributed by atoms with Crippen molar-refractivity contribution in [1.29, 1.82) is 0 Å². The third-order valence-corrected chi connectivity index (χ3v) is 4.14. The lowest BCUT2D eigenvalue weighted by molar-refractivity contribution is 0.175. The molecular weight excluding hydrogens is 366 g/mol. The SMILES string of the molecule is OC(Cc1ccc(F)cc1Cl)Cc1ccc(Br)cc1Cl. The molecule has 2 rings (SSSR count). The highest BCUT2D eigenvalue weighted by molar-refractivity contribution is 9.10. The van der Waals surface area contributed by atoms with Gasteiger partial charge >= 0.3 is 0 Å². The molecule has 2 aromatic rings. The Morgan fingerprint density at radius 1 is 1.00 bits per heavy atom. The molecule has 5 heteroatoms. The summed E-state index contributed by atoms with van der Waals surface area (Å²) in [7, 11) is 0. The lowest BCUT2D eigenvalue weighted by atomic mass is 10.0. The number of aliphatic hydroxyl groups is 1. The zero-order valence-corrected chi connectivity index (χ0v) is 13.5. The average molecular weight is 378 g/mol. The highest BCUT2D eigenvalue weighted by Gasteiger charge is 2.12. The van der Waals surface area contributed by atoms with E-state index in [1.807, 2.05) is 12.1 Å². The number of hydrogen-bond donors (Lipinski definition) is 1. The highest BCUT2D eigenvalue weighted by Crippen LogP contribution is 2.24. The molecule has 1 atom stereocenters. The van der Waals surface area contributed by atoms with Crippen LogP contribution in [-0.4, -0.2) is 11.2 Å². The van der Waals surface area contributed by atoms with Crippen molar-refractivity contribution in [3.8, 4) is 0 Å². The van der Waals surface area contributed by atoms with E-state index in [1.165, 1.54) is 12.1 Å². The van der Waals surface area contributed by atoms with Gasteiger partial charge in [-0.1, -0.05) is 51.3 Å². The predicted molar refractivity (Wildman–Crippen MR) is 84.0 cm³/mol. The Hall–Kier alpha value is -0.610. The van der Waals surface area contributed by atoms with Crippen LogP contribution in [0.1, 0.15) is 11.1 Å². The van der Waals surface area contributed by atoms with Gasteiger partial charge in [-0.15, -0.1) is 0 Å². The van der Waals surface area contributed by atoms with Gasteiger partial charge in [-0.05, 0) is 35.4 Å². The Kier molecular flexibility index (Phi) is 5.44. The van der Waals surface area contributed by atoms with Crippen LogP contribution in [0, 0.1) is 5.82 Å². The minimum Gasteiger partial charge on any atom is -0.392 e. The van der Waals surface area contributed by atoms with Crippen LogP contribution in [-0.2, 0) is 12.8 Å². The van der Waals surface area contributed by atoms with Crippen molar-refractivity contribution in [2.24, 2.45) is 0 Å².